The van der Waals surface area contributed by atoms with E-state index in [9.17, 15) is 9.59 Å². The summed E-state index contributed by atoms with van der Waals surface area (Å²) >= 11 is 6.05. The molecule has 6 heteroatoms. The van der Waals surface area contributed by atoms with Crippen molar-refractivity contribution in [3.05, 3.63) is 34.9 Å². The molecule has 1 aliphatic heterocycles. The maximum absolute atomic E-state index is 12.4. The summed E-state index contributed by atoms with van der Waals surface area (Å²) in [6.45, 7) is 6.54. The molecule has 1 fully saturated rings. The predicted octanol–water partition coefficient (Wildman–Crippen LogP) is 2.21. The maximum Gasteiger partial charge on any atom is 0.253 e. The van der Waals surface area contributed by atoms with Gasteiger partial charge in [-0.3, -0.25) is 9.59 Å². The molecule has 0 bridgehead atoms. The molecular weight excluding hydrogens is 326 g/mol. The molecule has 1 aliphatic rings. The van der Waals surface area contributed by atoms with Crippen LogP contribution in [0.2, 0.25) is 5.02 Å². The number of carbonyl (C=O) groups is 2. The Bertz CT molecular complexity index is 571. The predicted molar refractivity (Wildman–Crippen MR) is 96.1 cm³/mol. The lowest BCUT2D eigenvalue weighted by Crippen LogP contribution is -2.50. The molecule has 1 aromatic rings. The number of hydrogen-bond acceptors (Lipinski definition) is 3. The molecule has 24 heavy (non-hydrogen) atoms. The van der Waals surface area contributed by atoms with Gasteiger partial charge in [0, 0.05) is 6.54 Å². The Kier molecular flexibility index (Phi) is 7.06. The monoisotopic (exact) mass is 351 g/mol. The molecule has 0 spiro atoms. The van der Waals surface area contributed by atoms with Crippen molar-refractivity contribution in [1.82, 2.24) is 16.0 Å². The van der Waals surface area contributed by atoms with E-state index < -0.39 is 6.04 Å². The standard InChI is InChI=1S/C18H26ClN3O2/c1-12(2)16(18(24)21-10-8-13-7-9-20-11-13)22-17(23)14-5-3-4-6-15(14)19/h3-6,12-13,16,20H,7-11H2,1-2H3,(H,21,24)(H,22,23). The fourth-order valence-corrected chi connectivity index (χ4v) is 3.09. The van der Waals surface area contributed by atoms with Crippen LogP contribution in [0.4, 0.5) is 0 Å². The van der Waals surface area contributed by atoms with Gasteiger partial charge in [0.2, 0.25) is 5.91 Å². The molecule has 3 N–H and O–H groups in total. The summed E-state index contributed by atoms with van der Waals surface area (Å²) in [5.74, 6) is 0.149. The normalized spacial score (nSPS) is 18.4. The van der Waals surface area contributed by atoms with Crippen molar-refractivity contribution in [3.8, 4) is 0 Å². The summed E-state index contributed by atoms with van der Waals surface area (Å²) in [6.07, 6.45) is 2.12. The van der Waals surface area contributed by atoms with Gasteiger partial charge in [0.25, 0.3) is 5.91 Å². The molecule has 5 nitrogen and oxygen atoms in total. The molecule has 2 unspecified atom stereocenters. The second kappa shape index (κ2) is 9.04. The van der Waals surface area contributed by atoms with Crippen molar-refractivity contribution in [2.45, 2.75) is 32.7 Å². The van der Waals surface area contributed by atoms with Crippen LogP contribution in [0, 0.1) is 11.8 Å². The van der Waals surface area contributed by atoms with E-state index in [4.69, 9.17) is 11.6 Å². The first kappa shape index (κ1) is 18.7. The number of halogens is 1. The van der Waals surface area contributed by atoms with Crippen LogP contribution in [-0.2, 0) is 4.79 Å². The third-order valence-electron chi connectivity index (χ3n) is 4.37. The van der Waals surface area contributed by atoms with Gasteiger partial charge in [-0.15, -0.1) is 0 Å². The first-order valence-corrected chi connectivity index (χ1v) is 8.90. The van der Waals surface area contributed by atoms with E-state index in [1.54, 1.807) is 24.3 Å². The molecule has 1 aromatic carbocycles. The maximum atomic E-state index is 12.4. The Labute approximate surface area is 148 Å². The first-order chi connectivity index (χ1) is 11.5. The van der Waals surface area contributed by atoms with Gasteiger partial charge >= 0.3 is 0 Å². The Morgan fingerprint density at radius 1 is 1.33 bits per heavy atom. The molecule has 2 amide bonds. The van der Waals surface area contributed by atoms with Crippen molar-refractivity contribution in [2.24, 2.45) is 11.8 Å². The van der Waals surface area contributed by atoms with Crippen molar-refractivity contribution in [2.75, 3.05) is 19.6 Å². The van der Waals surface area contributed by atoms with Crippen LogP contribution in [-0.4, -0.2) is 37.5 Å². The minimum Gasteiger partial charge on any atom is -0.354 e. The molecule has 0 aromatic heterocycles. The SMILES string of the molecule is CC(C)C(NC(=O)c1ccccc1Cl)C(=O)NCCC1CCNC1. The summed E-state index contributed by atoms with van der Waals surface area (Å²) in [5.41, 5.74) is 0.384. The average molecular weight is 352 g/mol. The smallest absolute Gasteiger partial charge is 0.253 e. The molecule has 1 saturated heterocycles. The van der Waals surface area contributed by atoms with Crippen LogP contribution in [0.5, 0.6) is 0 Å². The van der Waals surface area contributed by atoms with Gasteiger partial charge in [0.1, 0.15) is 6.04 Å². The lowest BCUT2D eigenvalue weighted by atomic mass is 10.0. The number of carbonyl (C=O) groups excluding carboxylic acids is 2. The number of hydrogen-bond donors (Lipinski definition) is 3. The Balaban J connectivity index is 1.89. The minimum absolute atomic E-state index is 0.00964. The van der Waals surface area contributed by atoms with Gasteiger partial charge in [-0.2, -0.15) is 0 Å². The lowest BCUT2D eigenvalue weighted by Gasteiger charge is -2.22. The van der Waals surface area contributed by atoms with Crippen molar-refractivity contribution >= 4 is 23.4 Å². The van der Waals surface area contributed by atoms with Crippen molar-refractivity contribution in [1.29, 1.82) is 0 Å². The van der Waals surface area contributed by atoms with Crippen LogP contribution in [0.25, 0.3) is 0 Å². The Morgan fingerprint density at radius 3 is 2.71 bits per heavy atom. The Morgan fingerprint density at radius 2 is 2.08 bits per heavy atom. The summed E-state index contributed by atoms with van der Waals surface area (Å²) in [5, 5.41) is 9.45. The van der Waals surface area contributed by atoms with Gasteiger partial charge < -0.3 is 16.0 Å². The number of rotatable bonds is 7. The topological polar surface area (TPSA) is 70.2 Å². The van der Waals surface area contributed by atoms with Gasteiger partial charge in [0.15, 0.2) is 0 Å². The van der Waals surface area contributed by atoms with E-state index in [1.807, 2.05) is 13.8 Å². The third-order valence-corrected chi connectivity index (χ3v) is 4.70. The van der Waals surface area contributed by atoms with E-state index in [2.05, 4.69) is 16.0 Å². The van der Waals surface area contributed by atoms with Crippen molar-refractivity contribution < 1.29 is 9.59 Å². The minimum atomic E-state index is -0.574. The molecule has 0 aliphatic carbocycles. The summed E-state index contributed by atoms with van der Waals surface area (Å²) in [4.78, 5) is 24.8. The highest BCUT2D eigenvalue weighted by molar-refractivity contribution is 6.33. The highest BCUT2D eigenvalue weighted by Crippen LogP contribution is 2.15. The van der Waals surface area contributed by atoms with Crippen LogP contribution in [0.3, 0.4) is 0 Å². The molecule has 1 heterocycles. The quantitative estimate of drug-likeness (QED) is 0.705. The van der Waals surface area contributed by atoms with Gasteiger partial charge in [-0.1, -0.05) is 37.6 Å². The second-order valence-corrected chi connectivity index (χ2v) is 7.02. The van der Waals surface area contributed by atoms with Gasteiger partial charge in [0.05, 0.1) is 10.6 Å². The molecule has 0 radical (unpaired) electrons. The highest BCUT2D eigenvalue weighted by atomic mass is 35.5. The van der Waals surface area contributed by atoms with Crippen molar-refractivity contribution in [3.63, 3.8) is 0 Å². The second-order valence-electron chi connectivity index (χ2n) is 6.61. The Hall–Kier alpha value is -1.59. The average Bonchev–Trinajstić information content (AvgIpc) is 3.05. The summed E-state index contributed by atoms with van der Waals surface area (Å²) in [6, 6.07) is 6.26. The molecule has 2 atom stereocenters. The van der Waals surface area contributed by atoms with Crippen LogP contribution >= 0.6 is 11.6 Å². The van der Waals surface area contributed by atoms with Crippen LogP contribution in [0.1, 0.15) is 37.0 Å². The van der Waals surface area contributed by atoms with Crippen LogP contribution in [0.15, 0.2) is 24.3 Å². The lowest BCUT2D eigenvalue weighted by molar-refractivity contribution is -0.123. The number of nitrogens with one attached hydrogen (secondary N) is 3. The zero-order chi connectivity index (χ0) is 17.5. The number of amides is 2. The fourth-order valence-electron chi connectivity index (χ4n) is 2.87. The van der Waals surface area contributed by atoms with E-state index in [0.29, 0.717) is 23.0 Å². The third kappa shape index (κ3) is 5.21. The first-order valence-electron chi connectivity index (χ1n) is 8.53. The van der Waals surface area contributed by atoms with E-state index in [0.717, 1.165) is 25.9 Å². The molecular formula is C18H26ClN3O2. The molecule has 0 saturated carbocycles. The highest BCUT2D eigenvalue weighted by Gasteiger charge is 2.25. The summed E-state index contributed by atoms with van der Waals surface area (Å²) in [7, 11) is 0. The van der Waals surface area contributed by atoms with E-state index in [-0.39, 0.29) is 17.7 Å². The zero-order valence-corrected chi connectivity index (χ0v) is 15.0. The zero-order valence-electron chi connectivity index (χ0n) is 14.3. The van der Waals surface area contributed by atoms with E-state index in [1.165, 1.54) is 0 Å². The largest absolute Gasteiger partial charge is 0.354 e. The van der Waals surface area contributed by atoms with E-state index >= 15 is 0 Å². The molecule has 2 rings (SSSR count). The summed E-state index contributed by atoms with van der Waals surface area (Å²) < 4.78 is 0. The fraction of sp³-hybridized carbons (Fsp3) is 0.556. The van der Waals surface area contributed by atoms with Gasteiger partial charge in [-0.05, 0) is 49.9 Å². The molecule has 132 valence electrons. The number of benzene rings is 1. The van der Waals surface area contributed by atoms with Crippen LogP contribution < -0.4 is 16.0 Å². The van der Waals surface area contributed by atoms with Gasteiger partial charge in [-0.25, -0.2) is 0 Å².